The van der Waals surface area contributed by atoms with E-state index in [-0.39, 0.29) is 22.3 Å². The number of anilines is 2. The summed E-state index contributed by atoms with van der Waals surface area (Å²) in [7, 11) is 0. The first-order valence-corrected chi connectivity index (χ1v) is 14.0. The largest absolute Gasteiger partial charge is 0.443 e. The van der Waals surface area contributed by atoms with E-state index in [4.69, 9.17) is 16.3 Å². The second-order valence-electron chi connectivity index (χ2n) is 11.8. The third-order valence-electron chi connectivity index (χ3n) is 7.50. The van der Waals surface area contributed by atoms with Crippen LogP contribution in [0.2, 0.25) is 5.02 Å². The number of pyridine rings is 2. The highest BCUT2D eigenvalue weighted by Gasteiger charge is 2.37. The Morgan fingerprint density at radius 3 is 2.33 bits per heavy atom. The van der Waals surface area contributed by atoms with Crippen molar-refractivity contribution in [1.29, 1.82) is 0 Å². The van der Waals surface area contributed by atoms with Gasteiger partial charge in [0.05, 0.1) is 27.5 Å². The summed E-state index contributed by atoms with van der Waals surface area (Å²) in [4.78, 5) is 50.8. The molecule has 6 rings (SSSR count). The Hall–Kier alpha value is -4.37. The van der Waals surface area contributed by atoms with Gasteiger partial charge in [-0.3, -0.25) is 19.5 Å². The molecule has 0 saturated carbocycles. The molecular weight excluding hydrogens is 559 g/mol. The summed E-state index contributed by atoms with van der Waals surface area (Å²) in [6.07, 6.45) is 3.11. The van der Waals surface area contributed by atoms with Gasteiger partial charge in [0.1, 0.15) is 17.2 Å². The van der Waals surface area contributed by atoms with Gasteiger partial charge in [0, 0.05) is 35.5 Å². The molecule has 0 saturated heterocycles. The number of nitrogens with zero attached hydrogens (tertiary/aromatic N) is 4. The zero-order valence-corrected chi connectivity index (χ0v) is 24.5. The first-order valence-electron chi connectivity index (χ1n) is 13.6. The molecule has 1 unspecified atom stereocenters. The fraction of sp³-hybridized carbons (Fsp3) is 0.281. The SMILES string of the molecule is Cc1c(-c2cc3cc(N4C(=O)c5ccccc5C4=O)ncc3c(Cl)c2F)cnc2c1N(C(=O)OC(C)(C)C)CC(C)C2. The summed E-state index contributed by atoms with van der Waals surface area (Å²) in [6.45, 7) is 9.70. The maximum absolute atomic E-state index is 15.9. The lowest BCUT2D eigenvalue weighted by atomic mass is 9.92. The van der Waals surface area contributed by atoms with Gasteiger partial charge >= 0.3 is 6.09 Å². The molecule has 214 valence electrons. The van der Waals surface area contributed by atoms with Crippen LogP contribution in [0.3, 0.4) is 0 Å². The molecule has 4 heterocycles. The topological polar surface area (TPSA) is 92.7 Å². The second kappa shape index (κ2) is 9.87. The van der Waals surface area contributed by atoms with Gasteiger partial charge in [0.15, 0.2) is 0 Å². The van der Waals surface area contributed by atoms with Crippen LogP contribution in [0.4, 0.5) is 20.7 Å². The maximum atomic E-state index is 15.9. The molecule has 0 radical (unpaired) electrons. The lowest BCUT2D eigenvalue weighted by molar-refractivity contribution is 0.0571. The van der Waals surface area contributed by atoms with Crippen LogP contribution in [0.25, 0.3) is 21.9 Å². The van der Waals surface area contributed by atoms with Gasteiger partial charge in [-0.2, -0.15) is 0 Å². The van der Waals surface area contributed by atoms with Crippen molar-refractivity contribution in [3.05, 3.63) is 82.0 Å². The van der Waals surface area contributed by atoms with E-state index in [9.17, 15) is 14.4 Å². The van der Waals surface area contributed by atoms with Crippen LogP contribution in [0.15, 0.2) is 48.8 Å². The fourth-order valence-electron chi connectivity index (χ4n) is 5.64. The zero-order valence-electron chi connectivity index (χ0n) is 23.8. The zero-order chi connectivity index (χ0) is 30.1. The van der Waals surface area contributed by atoms with E-state index < -0.39 is 29.3 Å². The molecule has 0 spiro atoms. The minimum Gasteiger partial charge on any atom is -0.443 e. The van der Waals surface area contributed by atoms with Crippen LogP contribution in [0.5, 0.6) is 0 Å². The highest BCUT2D eigenvalue weighted by atomic mass is 35.5. The molecule has 10 heteroatoms. The van der Waals surface area contributed by atoms with Gasteiger partial charge in [-0.1, -0.05) is 30.7 Å². The highest BCUT2D eigenvalue weighted by molar-refractivity contribution is 6.37. The quantitative estimate of drug-likeness (QED) is 0.232. The molecule has 8 nitrogen and oxygen atoms in total. The average Bonchev–Trinajstić information content (AvgIpc) is 3.19. The number of aromatic nitrogens is 2. The van der Waals surface area contributed by atoms with Crippen molar-refractivity contribution in [2.75, 3.05) is 16.3 Å². The predicted octanol–water partition coefficient (Wildman–Crippen LogP) is 7.13. The Kier molecular flexibility index (Phi) is 6.53. The molecule has 0 N–H and O–H groups in total. The smallest absolute Gasteiger partial charge is 0.414 e. The Labute approximate surface area is 247 Å². The molecule has 3 amide bonds. The van der Waals surface area contributed by atoms with Crippen LogP contribution in [-0.4, -0.2) is 40.0 Å². The number of halogens is 2. The minimum absolute atomic E-state index is 0.104. The van der Waals surface area contributed by atoms with E-state index in [1.165, 1.54) is 6.20 Å². The molecule has 2 aromatic heterocycles. The van der Waals surface area contributed by atoms with Gasteiger partial charge < -0.3 is 4.74 Å². The number of ether oxygens (including phenoxy) is 1. The van der Waals surface area contributed by atoms with E-state index in [1.54, 1.807) is 68.3 Å². The number of amides is 3. The minimum atomic E-state index is -0.694. The summed E-state index contributed by atoms with van der Waals surface area (Å²) in [5.41, 5.74) is 2.49. The molecule has 4 aromatic rings. The first-order chi connectivity index (χ1) is 19.9. The summed E-state index contributed by atoms with van der Waals surface area (Å²) in [5, 5.41) is 0.650. The predicted molar refractivity (Wildman–Crippen MR) is 159 cm³/mol. The summed E-state index contributed by atoms with van der Waals surface area (Å²) >= 11 is 6.52. The number of carbonyl (C=O) groups excluding carboxylic acids is 3. The van der Waals surface area contributed by atoms with E-state index >= 15 is 4.39 Å². The molecule has 2 aliphatic rings. The van der Waals surface area contributed by atoms with E-state index in [0.29, 0.717) is 51.7 Å². The first kappa shape index (κ1) is 27.8. The number of hydrogen-bond donors (Lipinski definition) is 0. The number of rotatable bonds is 2. The van der Waals surface area contributed by atoms with Crippen molar-refractivity contribution >= 4 is 51.8 Å². The molecule has 2 aliphatic heterocycles. The van der Waals surface area contributed by atoms with Crippen molar-refractivity contribution in [3.8, 4) is 11.1 Å². The second-order valence-corrected chi connectivity index (χ2v) is 12.2. The van der Waals surface area contributed by atoms with E-state index in [1.807, 2.05) is 13.8 Å². The lowest BCUT2D eigenvalue weighted by Crippen LogP contribution is -2.43. The van der Waals surface area contributed by atoms with Crippen molar-refractivity contribution in [1.82, 2.24) is 9.97 Å². The number of carbonyl (C=O) groups is 3. The van der Waals surface area contributed by atoms with Crippen LogP contribution in [0.1, 0.15) is 59.7 Å². The monoisotopic (exact) mass is 586 g/mol. The molecular formula is C32H28ClFN4O4. The van der Waals surface area contributed by atoms with Crippen molar-refractivity contribution in [2.24, 2.45) is 5.92 Å². The normalized spacial score (nSPS) is 16.6. The summed E-state index contributed by atoms with van der Waals surface area (Å²) in [5.74, 6) is -1.38. The Bertz CT molecular complexity index is 1800. The highest BCUT2D eigenvalue weighted by Crippen LogP contribution is 2.42. The van der Waals surface area contributed by atoms with Crippen molar-refractivity contribution in [2.45, 2.75) is 46.6 Å². The van der Waals surface area contributed by atoms with E-state index in [2.05, 4.69) is 9.97 Å². The van der Waals surface area contributed by atoms with Crippen LogP contribution in [-0.2, 0) is 11.2 Å². The fourth-order valence-corrected chi connectivity index (χ4v) is 5.90. The molecule has 1 atom stereocenters. The van der Waals surface area contributed by atoms with Gasteiger partial charge in [-0.05, 0) is 75.2 Å². The van der Waals surface area contributed by atoms with Crippen LogP contribution < -0.4 is 9.80 Å². The number of hydrogen-bond acceptors (Lipinski definition) is 6. The van der Waals surface area contributed by atoms with Gasteiger partial charge in [0.2, 0.25) is 0 Å². The molecule has 0 fully saturated rings. The van der Waals surface area contributed by atoms with Gasteiger partial charge in [0.25, 0.3) is 11.8 Å². The summed E-state index contributed by atoms with van der Waals surface area (Å²) in [6, 6.07) is 9.70. The maximum Gasteiger partial charge on any atom is 0.414 e. The average molecular weight is 587 g/mol. The Balaban J connectivity index is 1.47. The number of imide groups is 1. The summed E-state index contributed by atoms with van der Waals surface area (Å²) < 4.78 is 21.5. The van der Waals surface area contributed by atoms with Crippen molar-refractivity contribution in [3.63, 3.8) is 0 Å². The molecule has 42 heavy (non-hydrogen) atoms. The third kappa shape index (κ3) is 4.48. The van der Waals surface area contributed by atoms with Crippen LogP contribution in [0, 0.1) is 18.7 Å². The number of benzene rings is 2. The molecule has 0 bridgehead atoms. The van der Waals surface area contributed by atoms with Gasteiger partial charge in [-0.15, -0.1) is 0 Å². The number of fused-ring (bicyclic) bond motifs is 3. The molecule has 0 aliphatic carbocycles. The Morgan fingerprint density at radius 2 is 1.69 bits per heavy atom. The van der Waals surface area contributed by atoms with Crippen molar-refractivity contribution < 1.29 is 23.5 Å². The standard InChI is InChI=1S/C32H28ClFN4O4/c1-16-10-24-28(37(15-16)31(41)42-32(3,4)5)17(2)22(13-35-24)21-11-18-12-25(36-14-23(18)26(33)27(21)34)38-29(39)19-8-6-7-9-20(19)30(38)40/h6-9,11-14,16H,10,15H2,1-5H3. The Morgan fingerprint density at radius 1 is 1.02 bits per heavy atom. The van der Waals surface area contributed by atoms with Gasteiger partial charge in [-0.25, -0.2) is 19.1 Å². The van der Waals surface area contributed by atoms with E-state index in [0.717, 1.165) is 10.6 Å². The lowest BCUT2D eigenvalue weighted by Gasteiger charge is -2.35. The molecule has 2 aromatic carbocycles. The van der Waals surface area contributed by atoms with Crippen LogP contribution >= 0.6 is 11.6 Å². The third-order valence-corrected chi connectivity index (χ3v) is 7.87.